The molecule has 2 heterocycles. The molecule has 3 aromatic rings. The van der Waals surface area contributed by atoms with Crippen molar-refractivity contribution in [3.63, 3.8) is 0 Å². The number of amides is 1. The van der Waals surface area contributed by atoms with Gasteiger partial charge in [-0.25, -0.2) is 0 Å². The number of hydrogen-bond acceptors (Lipinski definition) is 4. The second kappa shape index (κ2) is 8.98. The molecule has 0 aliphatic carbocycles. The van der Waals surface area contributed by atoms with Gasteiger partial charge in [0.2, 0.25) is 0 Å². The number of aliphatic hydroxyl groups is 1. The zero-order chi connectivity index (χ0) is 19.9. The van der Waals surface area contributed by atoms with E-state index in [0.717, 1.165) is 11.1 Å². The van der Waals surface area contributed by atoms with E-state index in [9.17, 15) is 9.90 Å². The Balaban J connectivity index is 1.64. The van der Waals surface area contributed by atoms with Gasteiger partial charge >= 0.3 is 0 Å². The molecule has 1 unspecified atom stereocenters. The number of aliphatic hydroxyl groups excluding tert-OH is 1. The minimum atomic E-state index is -0.641. The summed E-state index contributed by atoms with van der Waals surface area (Å²) in [4.78, 5) is 18.3. The van der Waals surface area contributed by atoms with Crippen LogP contribution >= 0.6 is 0 Å². The Hall–Kier alpha value is -3.43. The molecule has 6 nitrogen and oxygen atoms in total. The molecule has 3 rings (SSSR count). The maximum atomic E-state index is 12.7. The van der Waals surface area contributed by atoms with Crippen molar-refractivity contribution >= 4 is 5.91 Å². The van der Waals surface area contributed by atoms with Crippen LogP contribution in [0.2, 0.25) is 0 Å². The summed E-state index contributed by atoms with van der Waals surface area (Å²) in [5, 5.41) is 14.4. The number of aryl methyl sites for hydroxylation is 1. The number of carbonyl (C=O) groups excluding carboxylic acids is 1. The molecule has 2 aromatic heterocycles. The van der Waals surface area contributed by atoms with E-state index in [2.05, 4.69) is 21.9 Å². The number of nitrogens with zero attached hydrogens (tertiary/aromatic N) is 4. The average molecular weight is 374 g/mol. The fraction of sp³-hybridized carbons (Fsp3) is 0.227. The zero-order valence-electron chi connectivity index (χ0n) is 15.9. The summed E-state index contributed by atoms with van der Waals surface area (Å²) in [6.45, 7) is 0.235. The van der Waals surface area contributed by atoms with Crippen molar-refractivity contribution in [1.29, 1.82) is 0 Å². The molecule has 0 saturated carbocycles. The summed E-state index contributed by atoms with van der Waals surface area (Å²) in [6, 6.07) is 11.4. The Morgan fingerprint density at radius 1 is 1.18 bits per heavy atom. The van der Waals surface area contributed by atoms with Gasteiger partial charge in [0, 0.05) is 51.2 Å². The van der Waals surface area contributed by atoms with E-state index in [-0.39, 0.29) is 12.5 Å². The molecule has 6 heteroatoms. The van der Waals surface area contributed by atoms with E-state index in [1.807, 2.05) is 43.6 Å². The molecule has 28 heavy (non-hydrogen) atoms. The zero-order valence-corrected chi connectivity index (χ0v) is 15.9. The van der Waals surface area contributed by atoms with Gasteiger partial charge in [-0.05, 0) is 11.6 Å². The van der Waals surface area contributed by atoms with Crippen molar-refractivity contribution in [3.05, 3.63) is 83.4 Å². The molecule has 0 fully saturated rings. The van der Waals surface area contributed by atoms with Gasteiger partial charge in [0.15, 0.2) is 0 Å². The number of pyridine rings is 1. The van der Waals surface area contributed by atoms with E-state index in [4.69, 9.17) is 0 Å². The monoisotopic (exact) mass is 374 g/mol. The van der Waals surface area contributed by atoms with Crippen LogP contribution in [0.1, 0.15) is 27.0 Å². The SMILES string of the molecule is CN(CC(O)Cc1ccccc1)C(=O)c1cncc(C#Cc2cnn(C)c2)c1. The van der Waals surface area contributed by atoms with Crippen LogP contribution in [0.5, 0.6) is 0 Å². The first kappa shape index (κ1) is 19.3. The summed E-state index contributed by atoms with van der Waals surface area (Å²) < 4.78 is 1.68. The van der Waals surface area contributed by atoms with Gasteiger partial charge in [0.1, 0.15) is 0 Å². The smallest absolute Gasteiger partial charge is 0.255 e. The van der Waals surface area contributed by atoms with Gasteiger partial charge in [-0.3, -0.25) is 14.5 Å². The Bertz CT molecular complexity index is 1000. The molecule has 1 atom stereocenters. The van der Waals surface area contributed by atoms with Gasteiger partial charge in [0.25, 0.3) is 5.91 Å². The quantitative estimate of drug-likeness (QED) is 0.693. The highest BCUT2D eigenvalue weighted by atomic mass is 16.3. The summed E-state index contributed by atoms with van der Waals surface area (Å²) in [7, 11) is 3.50. The Labute approximate surface area is 164 Å². The molecule has 1 aromatic carbocycles. The van der Waals surface area contributed by atoms with Gasteiger partial charge in [-0.2, -0.15) is 5.10 Å². The number of aromatic nitrogens is 3. The molecule has 0 spiro atoms. The molecule has 0 aliphatic heterocycles. The number of carbonyl (C=O) groups is 1. The van der Waals surface area contributed by atoms with Crippen LogP contribution in [0.15, 0.2) is 61.2 Å². The second-order valence-electron chi connectivity index (χ2n) is 6.64. The van der Waals surface area contributed by atoms with Gasteiger partial charge in [0.05, 0.1) is 23.4 Å². The van der Waals surface area contributed by atoms with Crippen LogP contribution in [0.4, 0.5) is 0 Å². The minimum Gasteiger partial charge on any atom is -0.391 e. The number of likely N-dealkylation sites (N-methyl/N-ethyl adjacent to an activating group) is 1. The highest BCUT2D eigenvalue weighted by Crippen LogP contribution is 2.08. The molecule has 1 N–H and O–H groups in total. The average Bonchev–Trinajstić information content (AvgIpc) is 3.12. The minimum absolute atomic E-state index is 0.204. The molecule has 0 bridgehead atoms. The maximum Gasteiger partial charge on any atom is 0.255 e. The predicted molar refractivity (Wildman–Crippen MR) is 107 cm³/mol. The van der Waals surface area contributed by atoms with Gasteiger partial charge in [-0.15, -0.1) is 0 Å². The first-order valence-electron chi connectivity index (χ1n) is 8.94. The fourth-order valence-electron chi connectivity index (χ4n) is 2.83. The van der Waals surface area contributed by atoms with Crippen LogP contribution in [0.25, 0.3) is 0 Å². The fourth-order valence-corrected chi connectivity index (χ4v) is 2.83. The van der Waals surface area contributed by atoms with Crippen molar-refractivity contribution in [2.75, 3.05) is 13.6 Å². The van der Waals surface area contributed by atoms with Crippen molar-refractivity contribution in [1.82, 2.24) is 19.7 Å². The van der Waals surface area contributed by atoms with Crippen LogP contribution in [-0.2, 0) is 13.5 Å². The summed E-state index contributed by atoms with van der Waals surface area (Å²) in [5.41, 5.74) is 2.91. The molecule has 142 valence electrons. The molecule has 1 amide bonds. The summed E-state index contributed by atoms with van der Waals surface area (Å²) in [5.74, 6) is 5.79. The van der Waals surface area contributed by atoms with Crippen LogP contribution in [0.3, 0.4) is 0 Å². The third kappa shape index (κ3) is 5.29. The topological polar surface area (TPSA) is 71.2 Å². The van der Waals surface area contributed by atoms with Crippen LogP contribution in [0, 0.1) is 11.8 Å². The lowest BCUT2D eigenvalue weighted by atomic mass is 10.1. The third-order valence-electron chi connectivity index (χ3n) is 4.19. The summed E-state index contributed by atoms with van der Waals surface area (Å²) >= 11 is 0. The Kier molecular flexibility index (Phi) is 6.20. The number of benzene rings is 1. The van der Waals surface area contributed by atoms with E-state index in [1.165, 1.54) is 11.1 Å². The van der Waals surface area contributed by atoms with Crippen molar-refractivity contribution in [2.24, 2.45) is 7.05 Å². The largest absolute Gasteiger partial charge is 0.391 e. The lowest BCUT2D eigenvalue weighted by Crippen LogP contribution is -2.35. The molecule has 0 aliphatic rings. The molecular formula is C22H22N4O2. The number of rotatable bonds is 5. The van der Waals surface area contributed by atoms with E-state index in [0.29, 0.717) is 17.5 Å². The molecular weight excluding hydrogens is 352 g/mol. The first-order chi connectivity index (χ1) is 13.5. The third-order valence-corrected chi connectivity index (χ3v) is 4.19. The van der Waals surface area contributed by atoms with Crippen LogP contribution < -0.4 is 0 Å². The first-order valence-corrected chi connectivity index (χ1v) is 8.94. The normalized spacial score (nSPS) is 11.4. The second-order valence-corrected chi connectivity index (χ2v) is 6.64. The van der Waals surface area contributed by atoms with E-state index >= 15 is 0 Å². The standard InChI is InChI=1S/C22H22N4O2/c1-25(16-21(27)11-17-6-4-3-5-7-17)22(28)20-10-18(12-23-14-20)8-9-19-13-24-26(2)15-19/h3-7,10,12-15,21,27H,11,16H2,1-2H3. The highest BCUT2D eigenvalue weighted by molar-refractivity contribution is 5.94. The van der Waals surface area contributed by atoms with E-state index in [1.54, 1.807) is 30.2 Å². The Morgan fingerprint density at radius 2 is 1.93 bits per heavy atom. The number of hydrogen-bond donors (Lipinski definition) is 1. The lowest BCUT2D eigenvalue weighted by Gasteiger charge is -2.21. The van der Waals surface area contributed by atoms with Crippen molar-refractivity contribution in [2.45, 2.75) is 12.5 Å². The van der Waals surface area contributed by atoms with Crippen molar-refractivity contribution < 1.29 is 9.90 Å². The van der Waals surface area contributed by atoms with E-state index < -0.39 is 6.10 Å². The van der Waals surface area contributed by atoms with Gasteiger partial charge < -0.3 is 10.0 Å². The highest BCUT2D eigenvalue weighted by Gasteiger charge is 2.16. The summed E-state index contributed by atoms with van der Waals surface area (Å²) in [6.07, 6.45) is 6.47. The van der Waals surface area contributed by atoms with Gasteiger partial charge in [-0.1, -0.05) is 42.2 Å². The lowest BCUT2D eigenvalue weighted by molar-refractivity contribution is 0.0681. The van der Waals surface area contributed by atoms with Crippen LogP contribution in [-0.4, -0.2) is 50.4 Å². The predicted octanol–water partition coefficient (Wildman–Crippen LogP) is 1.89. The molecule has 0 saturated heterocycles. The maximum absolute atomic E-state index is 12.7. The van der Waals surface area contributed by atoms with Crippen molar-refractivity contribution in [3.8, 4) is 11.8 Å². The molecule has 0 radical (unpaired) electrons. The Morgan fingerprint density at radius 3 is 2.64 bits per heavy atom.